The highest BCUT2D eigenvalue weighted by molar-refractivity contribution is 7.93. The zero-order chi connectivity index (χ0) is 19.2. The second-order valence-corrected chi connectivity index (χ2v) is 8.65. The maximum absolute atomic E-state index is 13.4. The smallest absolute Gasteiger partial charge is 0.181 e. The first-order chi connectivity index (χ1) is 12.4. The van der Waals surface area contributed by atoms with Gasteiger partial charge in [-0.1, -0.05) is 21.7 Å². The fourth-order valence-corrected chi connectivity index (χ4v) is 3.28. The molecule has 0 aliphatic carbocycles. The molecule has 1 aromatic carbocycles. The summed E-state index contributed by atoms with van der Waals surface area (Å²) >= 11 is 0. The predicted molar refractivity (Wildman–Crippen MR) is 97.7 cm³/mol. The highest BCUT2D eigenvalue weighted by atomic mass is 32.2. The lowest BCUT2D eigenvalue weighted by Crippen LogP contribution is -2.22. The molecule has 0 bridgehead atoms. The lowest BCUT2D eigenvalue weighted by molar-refractivity contribution is 0.234. The Morgan fingerprint density at radius 3 is 2.77 bits per heavy atom. The van der Waals surface area contributed by atoms with E-state index in [2.05, 4.69) is 15.3 Å². The Bertz CT molecular complexity index is 879. The topological polar surface area (TPSA) is 131 Å². The van der Waals surface area contributed by atoms with Gasteiger partial charge in [0.25, 0.3) is 0 Å². The van der Waals surface area contributed by atoms with Crippen molar-refractivity contribution in [3.8, 4) is 0 Å². The molecular weight excluding hydrogens is 359 g/mol. The third kappa shape index (κ3) is 5.33. The molecule has 1 heterocycles. The second-order valence-electron chi connectivity index (χ2n) is 5.90. The molecule has 0 fully saturated rings. The summed E-state index contributed by atoms with van der Waals surface area (Å²) in [5.41, 5.74) is 3.68. The molecule has 0 aliphatic rings. The number of aromatic nitrogens is 2. The van der Waals surface area contributed by atoms with Crippen LogP contribution in [-0.2, 0) is 16.0 Å². The van der Waals surface area contributed by atoms with Crippen LogP contribution in [0.1, 0.15) is 36.7 Å². The summed E-state index contributed by atoms with van der Waals surface area (Å²) in [6, 6.07) is 4.34. The summed E-state index contributed by atoms with van der Waals surface area (Å²) in [6.07, 6.45) is 1.99. The molecule has 2 aromatic rings. The van der Waals surface area contributed by atoms with Crippen LogP contribution in [0, 0.1) is 22.3 Å². The molecule has 0 amide bonds. The number of halogens is 1. The SMILES string of the molecule is CCS(=N)(=N)CCCCc1nonc1C(=Nc1ccc(F)c(C)c1)NO. The van der Waals surface area contributed by atoms with Crippen molar-refractivity contribution < 1.29 is 14.2 Å². The molecule has 26 heavy (non-hydrogen) atoms. The number of unbranched alkanes of at least 4 members (excludes halogenated alkanes) is 1. The average Bonchev–Trinajstić information content (AvgIpc) is 3.08. The Kier molecular flexibility index (Phi) is 6.81. The van der Waals surface area contributed by atoms with E-state index in [0.29, 0.717) is 34.9 Å². The van der Waals surface area contributed by atoms with E-state index in [1.54, 1.807) is 13.0 Å². The van der Waals surface area contributed by atoms with Crippen LogP contribution in [0.4, 0.5) is 10.1 Å². The first-order valence-electron chi connectivity index (χ1n) is 8.21. The van der Waals surface area contributed by atoms with Gasteiger partial charge in [0.15, 0.2) is 11.5 Å². The zero-order valence-corrected chi connectivity index (χ0v) is 15.6. The molecule has 0 spiro atoms. The number of hydroxylamine groups is 1. The summed E-state index contributed by atoms with van der Waals surface area (Å²) in [5, 5.41) is 17.0. The average molecular weight is 382 g/mol. The van der Waals surface area contributed by atoms with Gasteiger partial charge in [0.2, 0.25) is 0 Å². The van der Waals surface area contributed by atoms with Crippen LogP contribution in [0.3, 0.4) is 0 Å². The molecule has 142 valence electrons. The number of nitrogens with one attached hydrogen (secondary N) is 3. The van der Waals surface area contributed by atoms with Gasteiger partial charge in [-0.2, -0.15) is 0 Å². The van der Waals surface area contributed by atoms with Crippen molar-refractivity contribution in [3.05, 3.63) is 41.0 Å². The molecule has 1 aromatic heterocycles. The van der Waals surface area contributed by atoms with Crippen LogP contribution in [-0.4, -0.2) is 32.9 Å². The first kappa shape index (κ1) is 20.0. The van der Waals surface area contributed by atoms with Crippen LogP contribution in [0.2, 0.25) is 0 Å². The minimum Gasteiger partial charge on any atom is -0.290 e. The summed E-state index contributed by atoms with van der Waals surface area (Å²) in [6.45, 7) is 3.49. The van der Waals surface area contributed by atoms with E-state index < -0.39 is 9.62 Å². The highest BCUT2D eigenvalue weighted by Crippen LogP contribution is 2.18. The number of nitrogens with zero attached hydrogens (tertiary/aromatic N) is 3. The lowest BCUT2D eigenvalue weighted by Gasteiger charge is -2.07. The number of hydrogen-bond donors (Lipinski definition) is 4. The van der Waals surface area contributed by atoms with E-state index in [4.69, 9.17) is 14.2 Å². The Morgan fingerprint density at radius 2 is 2.12 bits per heavy atom. The minimum atomic E-state index is -2.01. The molecule has 8 nitrogen and oxygen atoms in total. The molecule has 0 aliphatic heterocycles. The largest absolute Gasteiger partial charge is 0.290 e. The summed E-state index contributed by atoms with van der Waals surface area (Å²) < 4.78 is 33.8. The van der Waals surface area contributed by atoms with Gasteiger partial charge in [-0.05, 0) is 55.1 Å². The van der Waals surface area contributed by atoms with E-state index in [1.807, 2.05) is 12.4 Å². The van der Waals surface area contributed by atoms with Crippen molar-refractivity contribution in [2.75, 3.05) is 11.5 Å². The van der Waals surface area contributed by atoms with E-state index >= 15 is 0 Å². The number of rotatable bonds is 8. The molecule has 0 saturated heterocycles. The molecular formula is C16H23FN6O2S. The van der Waals surface area contributed by atoms with Crippen LogP contribution in [0.5, 0.6) is 0 Å². The van der Waals surface area contributed by atoms with Crippen LogP contribution < -0.4 is 5.48 Å². The quantitative estimate of drug-likeness (QED) is 0.240. The third-order valence-corrected chi connectivity index (χ3v) is 5.89. The van der Waals surface area contributed by atoms with E-state index in [9.17, 15) is 9.60 Å². The maximum Gasteiger partial charge on any atom is 0.181 e. The molecule has 0 saturated carbocycles. The summed E-state index contributed by atoms with van der Waals surface area (Å²) in [7, 11) is -2.01. The van der Waals surface area contributed by atoms with E-state index in [1.165, 1.54) is 12.1 Å². The van der Waals surface area contributed by atoms with E-state index in [-0.39, 0.29) is 17.3 Å². The second kappa shape index (κ2) is 8.86. The Labute approximate surface area is 151 Å². The van der Waals surface area contributed by atoms with Gasteiger partial charge in [0.1, 0.15) is 11.5 Å². The van der Waals surface area contributed by atoms with Gasteiger partial charge in [0, 0.05) is 11.5 Å². The molecule has 0 unspecified atom stereocenters. The van der Waals surface area contributed by atoms with Crippen molar-refractivity contribution in [1.29, 1.82) is 9.56 Å². The van der Waals surface area contributed by atoms with Gasteiger partial charge in [0.05, 0.1) is 5.69 Å². The van der Waals surface area contributed by atoms with Crippen molar-refractivity contribution in [3.63, 3.8) is 0 Å². The van der Waals surface area contributed by atoms with Crippen molar-refractivity contribution >= 4 is 21.1 Å². The Hall–Kier alpha value is -2.33. The van der Waals surface area contributed by atoms with Gasteiger partial charge in [-0.15, -0.1) is 0 Å². The monoisotopic (exact) mass is 382 g/mol. The summed E-state index contributed by atoms with van der Waals surface area (Å²) in [5.74, 6) is 0.839. The molecule has 10 heteroatoms. The van der Waals surface area contributed by atoms with Crippen LogP contribution in [0.15, 0.2) is 27.8 Å². The number of benzene rings is 1. The number of aliphatic imine (C=N–C) groups is 1. The first-order valence-corrected chi connectivity index (χ1v) is 10.2. The highest BCUT2D eigenvalue weighted by Gasteiger charge is 2.16. The fourth-order valence-electron chi connectivity index (χ4n) is 2.29. The van der Waals surface area contributed by atoms with Gasteiger partial charge >= 0.3 is 0 Å². The lowest BCUT2D eigenvalue weighted by atomic mass is 10.1. The molecule has 0 radical (unpaired) electrons. The molecule has 4 N–H and O–H groups in total. The zero-order valence-electron chi connectivity index (χ0n) is 14.8. The molecule has 2 rings (SSSR count). The van der Waals surface area contributed by atoms with E-state index in [0.717, 1.165) is 12.8 Å². The van der Waals surface area contributed by atoms with Gasteiger partial charge < -0.3 is 0 Å². The van der Waals surface area contributed by atoms with Crippen LogP contribution >= 0.6 is 0 Å². The minimum absolute atomic E-state index is 0.0572. The predicted octanol–water partition coefficient (Wildman–Crippen LogP) is 3.60. The normalized spacial score (nSPS) is 12.4. The maximum atomic E-state index is 13.4. The fraction of sp³-hybridized carbons (Fsp3) is 0.438. The van der Waals surface area contributed by atoms with Gasteiger partial charge in [-0.3, -0.25) is 20.2 Å². The van der Waals surface area contributed by atoms with Crippen molar-refractivity contribution in [2.45, 2.75) is 33.1 Å². The van der Waals surface area contributed by atoms with Crippen molar-refractivity contribution in [2.24, 2.45) is 4.99 Å². The number of amidine groups is 1. The van der Waals surface area contributed by atoms with Crippen LogP contribution in [0.25, 0.3) is 0 Å². The Balaban J connectivity index is 2.11. The number of aryl methyl sites for hydroxylation is 2. The van der Waals surface area contributed by atoms with Crippen molar-refractivity contribution in [1.82, 2.24) is 15.8 Å². The summed E-state index contributed by atoms with van der Waals surface area (Å²) in [4.78, 5) is 4.23. The molecule has 0 atom stereocenters. The third-order valence-electron chi connectivity index (χ3n) is 3.92. The number of hydrogen-bond acceptors (Lipinski definition) is 7. The standard InChI is InChI=1S/C16H23FN6O2S/c1-3-26(18,19)9-5-4-6-14-15(23-25-22-14)16(21-24)20-12-7-8-13(17)11(2)10-12/h7-8,10,18-19,24H,3-6,9H2,1-2H3,(H,20,21). The van der Waals surface area contributed by atoms with Gasteiger partial charge in [-0.25, -0.2) is 14.0 Å². The Morgan fingerprint density at radius 1 is 1.35 bits per heavy atom.